The lowest BCUT2D eigenvalue weighted by Crippen LogP contribution is -2.55. The number of hydrogen-bond donors (Lipinski definition) is 2. The van der Waals surface area contributed by atoms with E-state index in [0.29, 0.717) is 0 Å². The smallest absolute Gasteiger partial charge is 0.237 e. The predicted molar refractivity (Wildman–Crippen MR) is 90.8 cm³/mol. The number of anilines is 1. The second kappa shape index (κ2) is 6.14. The number of thiophene rings is 1. The molecule has 3 heterocycles. The quantitative estimate of drug-likeness (QED) is 0.882. The largest absolute Gasteiger partial charge is 0.360 e. The number of nitrogens with one attached hydrogen (secondary N) is 2. The van der Waals surface area contributed by atoms with Crippen LogP contribution < -0.4 is 15.5 Å². The molecule has 1 aliphatic carbocycles. The summed E-state index contributed by atoms with van der Waals surface area (Å²) in [5.41, 5.74) is 2.20. The molecule has 6 heteroatoms. The van der Waals surface area contributed by atoms with Crippen molar-refractivity contribution in [3.63, 3.8) is 0 Å². The fourth-order valence-electron chi connectivity index (χ4n) is 3.77. The Morgan fingerprint density at radius 3 is 2.91 bits per heavy atom. The lowest BCUT2D eigenvalue weighted by molar-refractivity contribution is -0.125. The van der Waals surface area contributed by atoms with E-state index >= 15 is 0 Å². The molecule has 0 spiro atoms. The molecule has 0 aromatic carbocycles. The summed E-state index contributed by atoms with van der Waals surface area (Å²) >= 11 is 1.81. The highest BCUT2D eigenvalue weighted by Gasteiger charge is 2.32. The summed E-state index contributed by atoms with van der Waals surface area (Å²) in [6, 6.07) is 2.66. The summed E-state index contributed by atoms with van der Waals surface area (Å²) in [5, 5.41) is 17.0. The third kappa shape index (κ3) is 2.73. The molecule has 2 atom stereocenters. The molecular formula is C17H22N4OS. The Bertz CT molecular complexity index is 658. The lowest BCUT2D eigenvalue weighted by Gasteiger charge is -2.27. The maximum Gasteiger partial charge on any atom is 0.237 e. The van der Waals surface area contributed by atoms with E-state index in [-0.39, 0.29) is 18.0 Å². The molecule has 0 radical (unpaired) electrons. The van der Waals surface area contributed by atoms with Crippen LogP contribution in [-0.2, 0) is 17.6 Å². The van der Waals surface area contributed by atoms with Crippen molar-refractivity contribution in [2.45, 2.75) is 50.6 Å². The van der Waals surface area contributed by atoms with E-state index in [2.05, 4.69) is 21.6 Å². The molecule has 122 valence electrons. The van der Waals surface area contributed by atoms with Gasteiger partial charge in [0.2, 0.25) is 5.91 Å². The number of carbonyl (C=O) groups excluding carboxylic acids is 1. The van der Waals surface area contributed by atoms with Crippen LogP contribution in [-0.4, -0.2) is 37.6 Å². The number of rotatable bonds is 3. The first kappa shape index (κ1) is 15.0. The molecule has 1 aromatic heterocycles. The van der Waals surface area contributed by atoms with Gasteiger partial charge in [0, 0.05) is 24.0 Å². The maximum atomic E-state index is 12.1. The molecule has 1 amide bonds. The highest BCUT2D eigenvalue weighted by atomic mass is 32.1. The van der Waals surface area contributed by atoms with E-state index < -0.39 is 0 Å². The van der Waals surface area contributed by atoms with Gasteiger partial charge in [-0.15, -0.1) is 11.3 Å². The average molecular weight is 330 g/mol. The summed E-state index contributed by atoms with van der Waals surface area (Å²) in [7, 11) is 0. The first-order valence-electron chi connectivity index (χ1n) is 8.59. The molecule has 2 fully saturated rings. The Morgan fingerprint density at radius 1 is 1.35 bits per heavy atom. The summed E-state index contributed by atoms with van der Waals surface area (Å²) < 4.78 is 0. The molecule has 0 bridgehead atoms. The van der Waals surface area contributed by atoms with Crippen LogP contribution in [0.15, 0.2) is 0 Å². The molecule has 23 heavy (non-hydrogen) atoms. The topological polar surface area (TPSA) is 68.2 Å². The van der Waals surface area contributed by atoms with E-state index in [4.69, 9.17) is 0 Å². The van der Waals surface area contributed by atoms with Crippen LogP contribution in [0.5, 0.6) is 0 Å². The third-order valence-corrected chi connectivity index (χ3v) is 6.58. The fraction of sp³-hybridized carbons (Fsp3) is 0.647. The van der Waals surface area contributed by atoms with Gasteiger partial charge in [0.15, 0.2) is 0 Å². The number of aryl methyl sites for hydroxylation is 1. The average Bonchev–Trinajstić information content (AvgIpc) is 3.08. The number of hydrogen-bond acceptors (Lipinski definition) is 5. The minimum absolute atomic E-state index is 0.00720. The SMILES string of the molecule is N#Cc1c(N2CC[C@H](NC(=O)[C@@H]3CCN3)C2)sc2c1CCCC2. The van der Waals surface area contributed by atoms with Crippen LogP contribution >= 0.6 is 11.3 Å². The van der Waals surface area contributed by atoms with Crippen molar-refractivity contribution in [3.8, 4) is 6.07 Å². The van der Waals surface area contributed by atoms with Crippen LogP contribution in [0.3, 0.4) is 0 Å². The van der Waals surface area contributed by atoms with Crippen LogP contribution in [0.4, 0.5) is 5.00 Å². The maximum absolute atomic E-state index is 12.1. The van der Waals surface area contributed by atoms with Gasteiger partial charge in [-0.1, -0.05) is 0 Å². The van der Waals surface area contributed by atoms with Crippen molar-refractivity contribution < 1.29 is 4.79 Å². The second-order valence-corrected chi connectivity index (χ2v) is 7.82. The minimum atomic E-state index is 0.00720. The fourth-order valence-corrected chi connectivity index (χ4v) is 5.14. The highest BCUT2D eigenvalue weighted by molar-refractivity contribution is 7.16. The van der Waals surface area contributed by atoms with Gasteiger partial charge in [-0.2, -0.15) is 5.26 Å². The number of carbonyl (C=O) groups is 1. The van der Waals surface area contributed by atoms with Crippen LogP contribution in [0.25, 0.3) is 0 Å². The molecule has 5 nitrogen and oxygen atoms in total. The van der Waals surface area contributed by atoms with E-state index in [1.54, 1.807) is 11.3 Å². The molecule has 4 rings (SSSR count). The highest BCUT2D eigenvalue weighted by Crippen LogP contribution is 2.40. The van der Waals surface area contributed by atoms with Gasteiger partial charge < -0.3 is 15.5 Å². The predicted octanol–water partition coefficient (Wildman–Crippen LogP) is 1.56. The molecule has 0 saturated carbocycles. The number of fused-ring (bicyclic) bond motifs is 1. The van der Waals surface area contributed by atoms with E-state index in [1.807, 2.05) is 0 Å². The monoisotopic (exact) mass is 330 g/mol. The first-order valence-corrected chi connectivity index (χ1v) is 9.41. The molecule has 3 aliphatic rings. The zero-order valence-corrected chi connectivity index (χ0v) is 14.0. The molecule has 0 unspecified atom stereocenters. The van der Waals surface area contributed by atoms with Crippen molar-refractivity contribution in [1.82, 2.24) is 10.6 Å². The molecule has 2 N–H and O–H groups in total. The van der Waals surface area contributed by atoms with Crippen molar-refractivity contribution in [1.29, 1.82) is 5.26 Å². The third-order valence-electron chi connectivity index (χ3n) is 5.23. The minimum Gasteiger partial charge on any atom is -0.360 e. The molecular weight excluding hydrogens is 308 g/mol. The van der Waals surface area contributed by atoms with Crippen LogP contribution in [0.1, 0.15) is 41.7 Å². The Hall–Kier alpha value is -1.58. The lowest BCUT2D eigenvalue weighted by atomic mass is 9.96. The van der Waals surface area contributed by atoms with Crippen molar-refractivity contribution in [3.05, 3.63) is 16.0 Å². The molecule has 2 saturated heterocycles. The van der Waals surface area contributed by atoms with Crippen molar-refractivity contribution in [2.24, 2.45) is 0 Å². The zero-order valence-electron chi connectivity index (χ0n) is 13.2. The number of nitriles is 1. The van der Waals surface area contributed by atoms with Crippen LogP contribution in [0.2, 0.25) is 0 Å². The van der Waals surface area contributed by atoms with Crippen LogP contribution in [0, 0.1) is 11.3 Å². The van der Waals surface area contributed by atoms with E-state index in [0.717, 1.165) is 55.9 Å². The van der Waals surface area contributed by atoms with Crippen molar-refractivity contribution in [2.75, 3.05) is 24.5 Å². The zero-order chi connectivity index (χ0) is 15.8. The number of nitrogens with zero attached hydrogens (tertiary/aromatic N) is 2. The van der Waals surface area contributed by atoms with Gasteiger partial charge in [-0.05, 0) is 50.6 Å². The Labute approximate surface area is 140 Å². The molecule has 1 aromatic rings. The standard InChI is InChI=1S/C17H22N4OS/c18-9-13-12-3-1-2-4-15(12)23-17(13)21-8-6-11(10-21)20-16(22)14-5-7-19-14/h11,14,19H,1-8,10H2,(H,20,22)/t11-,14-/m0/s1. The van der Waals surface area contributed by atoms with Gasteiger partial charge in [0.05, 0.1) is 11.6 Å². The molecule has 2 aliphatic heterocycles. The van der Waals surface area contributed by atoms with Gasteiger partial charge in [0.25, 0.3) is 0 Å². The first-order chi connectivity index (χ1) is 11.3. The normalized spacial score (nSPS) is 26.3. The van der Waals surface area contributed by atoms with Gasteiger partial charge in [0.1, 0.15) is 11.1 Å². The summed E-state index contributed by atoms with van der Waals surface area (Å²) in [5.74, 6) is 0.133. The summed E-state index contributed by atoms with van der Waals surface area (Å²) in [4.78, 5) is 15.8. The van der Waals surface area contributed by atoms with Gasteiger partial charge >= 0.3 is 0 Å². The van der Waals surface area contributed by atoms with Crippen molar-refractivity contribution >= 4 is 22.2 Å². The Morgan fingerprint density at radius 2 is 2.17 bits per heavy atom. The van der Waals surface area contributed by atoms with E-state index in [1.165, 1.54) is 23.3 Å². The Balaban J connectivity index is 1.46. The number of amides is 1. The van der Waals surface area contributed by atoms with Gasteiger partial charge in [-0.25, -0.2) is 0 Å². The Kier molecular flexibility index (Phi) is 4.00. The van der Waals surface area contributed by atoms with E-state index in [9.17, 15) is 10.1 Å². The summed E-state index contributed by atoms with van der Waals surface area (Å²) in [6.45, 7) is 2.70. The summed E-state index contributed by atoms with van der Waals surface area (Å²) in [6.07, 6.45) is 6.52. The van der Waals surface area contributed by atoms with Gasteiger partial charge in [-0.3, -0.25) is 4.79 Å². The second-order valence-electron chi connectivity index (χ2n) is 6.74.